The van der Waals surface area contributed by atoms with Gasteiger partial charge in [-0.3, -0.25) is 0 Å². The number of aromatic nitrogens is 2. The van der Waals surface area contributed by atoms with Crippen molar-refractivity contribution in [1.82, 2.24) is 9.13 Å². The Morgan fingerprint density at radius 3 is 1.74 bits per heavy atom. The number of rotatable bonds is 4. The van der Waals surface area contributed by atoms with Crippen molar-refractivity contribution < 1.29 is 4.42 Å². The van der Waals surface area contributed by atoms with Crippen LogP contribution < -0.4 is 0 Å². The monoisotopic (exact) mass is 756 g/mol. The molecule has 0 aliphatic rings. The van der Waals surface area contributed by atoms with Gasteiger partial charge in [-0.1, -0.05) is 109 Å². The summed E-state index contributed by atoms with van der Waals surface area (Å²) in [6.45, 7) is 0. The van der Waals surface area contributed by atoms with Crippen LogP contribution in [-0.2, 0) is 0 Å². The molecule has 0 saturated heterocycles. The van der Waals surface area contributed by atoms with Gasteiger partial charge in [0.1, 0.15) is 11.2 Å². The Balaban J connectivity index is 1.04. The van der Waals surface area contributed by atoms with Crippen molar-refractivity contribution in [3.05, 3.63) is 194 Å². The van der Waals surface area contributed by atoms with E-state index in [1.54, 1.807) is 0 Å². The van der Waals surface area contributed by atoms with Gasteiger partial charge in [-0.25, -0.2) is 0 Å². The molecule has 4 aromatic heterocycles. The van der Waals surface area contributed by atoms with E-state index < -0.39 is 0 Å². The van der Waals surface area contributed by atoms with Gasteiger partial charge in [-0.05, 0) is 107 Å². The fraction of sp³-hybridized carbons (Fsp3) is 0. The van der Waals surface area contributed by atoms with Crippen LogP contribution in [0.2, 0.25) is 0 Å². The Hall–Kier alpha value is -7.40. The van der Waals surface area contributed by atoms with Gasteiger partial charge in [-0.15, -0.1) is 11.3 Å². The van der Waals surface area contributed by atoms with Gasteiger partial charge in [0.15, 0.2) is 0 Å². The molecule has 0 saturated carbocycles. The molecule has 0 fully saturated rings. The van der Waals surface area contributed by atoms with Gasteiger partial charge in [0.05, 0.1) is 22.1 Å². The molecule has 13 aromatic rings. The van der Waals surface area contributed by atoms with E-state index in [1.807, 2.05) is 11.3 Å². The highest BCUT2D eigenvalue weighted by Crippen LogP contribution is 2.45. The first-order chi connectivity index (χ1) is 28.8. The van der Waals surface area contributed by atoms with E-state index in [4.69, 9.17) is 4.42 Å². The number of benzene rings is 9. The van der Waals surface area contributed by atoms with E-state index in [0.717, 1.165) is 38.9 Å². The van der Waals surface area contributed by atoms with Crippen LogP contribution in [0.4, 0.5) is 0 Å². The van der Waals surface area contributed by atoms with E-state index in [2.05, 4.69) is 203 Å². The molecule has 13 rings (SSSR count). The highest BCUT2D eigenvalue weighted by molar-refractivity contribution is 7.25. The second kappa shape index (κ2) is 12.1. The van der Waals surface area contributed by atoms with Gasteiger partial charge in [-0.2, -0.15) is 0 Å². The third-order valence-electron chi connectivity index (χ3n) is 12.1. The summed E-state index contributed by atoms with van der Waals surface area (Å²) >= 11 is 1.87. The minimum atomic E-state index is 0.888. The quantitative estimate of drug-likeness (QED) is 0.175. The summed E-state index contributed by atoms with van der Waals surface area (Å²) in [6.07, 6.45) is 0. The molecule has 4 heteroatoms. The van der Waals surface area contributed by atoms with Crippen molar-refractivity contribution in [1.29, 1.82) is 0 Å². The van der Waals surface area contributed by atoms with Crippen LogP contribution in [0.15, 0.2) is 199 Å². The molecule has 3 nitrogen and oxygen atoms in total. The molecule has 0 spiro atoms. The molecule has 270 valence electrons. The average Bonchev–Trinajstić information content (AvgIpc) is 4.03. The molecule has 0 amide bonds. The number of hydrogen-bond donors (Lipinski definition) is 0. The first-order valence-electron chi connectivity index (χ1n) is 19.8. The van der Waals surface area contributed by atoms with Crippen LogP contribution in [0.1, 0.15) is 0 Å². The summed E-state index contributed by atoms with van der Waals surface area (Å²) in [4.78, 5) is 0. The zero-order chi connectivity index (χ0) is 37.9. The lowest BCUT2D eigenvalue weighted by Crippen LogP contribution is -1.93. The lowest BCUT2D eigenvalue weighted by molar-refractivity contribution is 0.669. The maximum Gasteiger partial charge on any atom is 0.136 e. The van der Waals surface area contributed by atoms with Gasteiger partial charge in [0.2, 0.25) is 0 Å². The first kappa shape index (κ1) is 31.8. The number of thiophene rings is 1. The Bertz CT molecular complexity index is 3790. The Morgan fingerprint density at radius 2 is 0.931 bits per heavy atom. The molecule has 0 atom stereocenters. The molecular weight excluding hydrogens is 725 g/mol. The number of furan rings is 1. The zero-order valence-electron chi connectivity index (χ0n) is 31.2. The maximum absolute atomic E-state index is 6.62. The molecule has 0 unspecified atom stereocenters. The molecule has 0 aliphatic heterocycles. The molecule has 0 bridgehead atoms. The molecule has 4 heterocycles. The van der Waals surface area contributed by atoms with Crippen molar-refractivity contribution in [3.8, 4) is 33.6 Å². The summed E-state index contributed by atoms with van der Waals surface area (Å²) in [5, 5.41) is 9.86. The van der Waals surface area contributed by atoms with Gasteiger partial charge < -0.3 is 13.6 Å². The fourth-order valence-electron chi connectivity index (χ4n) is 9.61. The average molecular weight is 757 g/mol. The summed E-state index contributed by atoms with van der Waals surface area (Å²) in [5.41, 5.74) is 13.6. The van der Waals surface area contributed by atoms with Crippen molar-refractivity contribution in [2.24, 2.45) is 0 Å². The summed E-state index contributed by atoms with van der Waals surface area (Å²) < 4.78 is 14.0. The lowest BCUT2D eigenvalue weighted by Gasteiger charge is -2.09. The normalized spacial score (nSPS) is 12.1. The fourth-order valence-corrected chi connectivity index (χ4v) is 10.7. The van der Waals surface area contributed by atoms with E-state index in [0.29, 0.717) is 0 Å². The zero-order valence-corrected chi connectivity index (χ0v) is 32.0. The van der Waals surface area contributed by atoms with Crippen molar-refractivity contribution in [3.63, 3.8) is 0 Å². The predicted octanol–water partition coefficient (Wildman–Crippen LogP) is 15.5. The van der Waals surface area contributed by atoms with Crippen LogP contribution >= 0.6 is 11.3 Å². The second-order valence-corrected chi connectivity index (χ2v) is 16.3. The Labute approximate surface area is 336 Å². The number of para-hydroxylation sites is 3. The van der Waals surface area contributed by atoms with Crippen molar-refractivity contribution in [2.45, 2.75) is 0 Å². The highest BCUT2D eigenvalue weighted by Gasteiger charge is 2.20. The Kier molecular flexibility index (Phi) is 6.60. The van der Waals surface area contributed by atoms with E-state index in [-0.39, 0.29) is 0 Å². The molecular formula is C54H32N2OS. The molecule has 0 radical (unpaired) electrons. The van der Waals surface area contributed by atoms with E-state index >= 15 is 0 Å². The van der Waals surface area contributed by atoms with Crippen molar-refractivity contribution in [2.75, 3.05) is 0 Å². The van der Waals surface area contributed by atoms with Gasteiger partial charge >= 0.3 is 0 Å². The minimum Gasteiger partial charge on any atom is -0.456 e. The third-order valence-corrected chi connectivity index (χ3v) is 13.2. The molecule has 58 heavy (non-hydrogen) atoms. The second-order valence-electron chi connectivity index (χ2n) is 15.2. The SMILES string of the molecule is c1ccc(-n2c3ccc(-c4cccc5oc6ccc(-c7cccc8c7c7ccccc7n8-c7ccccc7)cc6c45)cc3c3cc4c(cc32)sc2ccccc24)cc1. The summed E-state index contributed by atoms with van der Waals surface area (Å²) in [7, 11) is 0. The predicted molar refractivity (Wildman–Crippen MR) is 246 cm³/mol. The minimum absolute atomic E-state index is 0.888. The van der Waals surface area contributed by atoms with Crippen LogP contribution in [0.3, 0.4) is 0 Å². The van der Waals surface area contributed by atoms with Gasteiger partial charge in [0.25, 0.3) is 0 Å². The van der Waals surface area contributed by atoms with E-state index in [9.17, 15) is 0 Å². The number of hydrogen-bond acceptors (Lipinski definition) is 2. The third kappa shape index (κ3) is 4.49. The van der Waals surface area contributed by atoms with Crippen LogP contribution in [0.5, 0.6) is 0 Å². The summed E-state index contributed by atoms with van der Waals surface area (Å²) in [5.74, 6) is 0. The number of nitrogens with zero attached hydrogens (tertiary/aromatic N) is 2. The van der Waals surface area contributed by atoms with Crippen LogP contribution in [-0.4, -0.2) is 9.13 Å². The standard InChI is InChI=1S/C54H32N2OS/c1-3-13-35(14-4-1)55-45-21-9-7-18-40(45)53-37(19-11-22-47(53)55)34-26-28-49-44(30-34)54-38(20-12-23-50(54)57-49)33-25-27-46-41(29-33)42-31-43-39-17-8-10-24-51(39)58-52(43)32-48(42)56(46)36-15-5-2-6-16-36/h1-32H. The number of fused-ring (bicyclic) bond motifs is 12. The summed E-state index contributed by atoms with van der Waals surface area (Å²) in [6, 6.07) is 70.6. The molecule has 0 N–H and O–H groups in total. The van der Waals surface area contributed by atoms with Crippen LogP contribution in [0.25, 0.3) is 119 Å². The lowest BCUT2D eigenvalue weighted by atomic mass is 9.95. The Morgan fingerprint density at radius 1 is 0.328 bits per heavy atom. The van der Waals surface area contributed by atoms with Gasteiger partial charge in [0, 0.05) is 63.9 Å². The first-order valence-corrected chi connectivity index (χ1v) is 20.6. The smallest absolute Gasteiger partial charge is 0.136 e. The van der Waals surface area contributed by atoms with E-state index in [1.165, 1.54) is 80.5 Å². The maximum atomic E-state index is 6.62. The molecule has 9 aromatic carbocycles. The van der Waals surface area contributed by atoms with Crippen LogP contribution in [0, 0.1) is 0 Å². The highest BCUT2D eigenvalue weighted by atomic mass is 32.1. The van der Waals surface area contributed by atoms with Crippen molar-refractivity contribution >= 4 is 97.1 Å². The largest absolute Gasteiger partial charge is 0.456 e. The topological polar surface area (TPSA) is 23.0 Å². The molecule has 0 aliphatic carbocycles.